The Morgan fingerprint density at radius 1 is 1.44 bits per heavy atom. The largest absolute Gasteiger partial charge is 0.480 e. The lowest BCUT2D eigenvalue weighted by Gasteiger charge is -2.14. The molecule has 1 atom stereocenters. The predicted octanol–water partition coefficient (Wildman–Crippen LogP) is 2.20. The Morgan fingerprint density at radius 3 is 2.72 bits per heavy atom. The normalized spacial score (nSPS) is 11.9. The van der Waals surface area contributed by atoms with Crippen molar-refractivity contribution in [1.82, 2.24) is 5.32 Å². The lowest BCUT2D eigenvalue weighted by atomic mass is 10.1. The Balaban J connectivity index is 2.69. The van der Waals surface area contributed by atoms with Gasteiger partial charge in [0.2, 0.25) is 0 Å². The monoisotopic (exact) mass is 253 g/mol. The molecule has 98 valence electrons. The molecule has 0 fully saturated rings. The highest BCUT2D eigenvalue weighted by Gasteiger charge is 2.19. The summed E-state index contributed by atoms with van der Waals surface area (Å²) in [6.07, 6.45) is 1.92. The van der Waals surface area contributed by atoms with Gasteiger partial charge in [0.15, 0.2) is 0 Å². The highest BCUT2D eigenvalue weighted by Crippen LogP contribution is 2.06. The van der Waals surface area contributed by atoms with E-state index < -0.39 is 23.7 Å². The van der Waals surface area contributed by atoms with Crippen LogP contribution in [0.25, 0.3) is 0 Å². The second kappa shape index (κ2) is 6.74. The maximum Gasteiger partial charge on any atom is 0.326 e. The number of nitrogens with one attached hydrogen (secondary N) is 1. The van der Waals surface area contributed by atoms with Gasteiger partial charge >= 0.3 is 5.97 Å². The third-order valence-corrected chi connectivity index (χ3v) is 2.54. The van der Waals surface area contributed by atoms with Crippen molar-refractivity contribution in [2.45, 2.75) is 32.2 Å². The fourth-order valence-electron chi connectivity index (χ4n) is 1.54. The van der Waals surface area contributed by atoms with Crippen LogP contribution in [0.1, 0.15) is 36.5 Å². The smallest absolute Gasteiger partial charge is 0.326 e. The first kappa shape index (κ1) is 14.2. The molecule has 0 aromatic heterocycles. The molecular formula is C13H16FNO3. The average Bonchev–Trinajstić information content (AvgIpc) is 2.33. The summed E-state index contributed by atoms with van der Waals surface area (Å²) in [5.41, 5.74) is 0.123. The molecule has 0 saturated heterocycles. The summed E-state index contributed by atoms with van der Waals surface area (Å²) < 4.78 is 12.9. The third-order valence-electron chi connectivity index (χ3n) is 2.54. The standard InChI is InChI=1S/C13H16FNO3/c1-2-3-7-11(13(17)18)15-12(16)9-5-4-6-10(14)8-9/h4-6,8,11H,2-3,7H2,1H3,(H,15,16)(H,17,18)/t11-/m0/s1. The maximum atomic E-state index is 12.9. The van der Waals surface area contributed by atoms with Gasteiger partial charge in [0.1, 0.15) is 11.9 Å². The van der Waals surface area contributed by atoms with Gasteiger partial charge in [-0.05, 0) is 24.6 Å². The summed E-state index contributed by atoms with van der Waals surface area (Å²) in [7, 11) is 0. The summed E-state index contributed by atoms with van der Waals surface area (Å²) in [5.74, 6) is -2.17. The number of carbonyl (C=O) groups is 2. The molecule has 0 aliphatic carbocycles. The van der Waals surface area contributed by atoms with Crippen LogP contribution in [0.3, 0.4) is 0 Å². The van der Waals surface area contributed by atoms with Crippen LogP contribution < -0.4 is 5.32 Å². The number of rotatable bonds is 6. The van der Waals surface area contributed by atoms with Gasteiger partial charge in [-0.1, -0.05) is 25.8 Å². The van der Waals surface area contributed by atoms with E-state index in [9.17, 15) is 14.0 Å². The Morgan fingerprint density at radius 2 is 2.17 bits per heavy atom. The molecule has 0 heterocycles. The SMILES string of the molecule is CCCC[C@H](NC(=O)c1cccc(F)c1)C(=O)O. The minimum atomic E-state index is -1.08. The number of unbranched alkanes of at least 4 members (excludes halogenated alkanes) is 1. The molecule has 0 spiro atoms. The van der Waals surface area contributed by atoms with Crippen molar-refractivity contribution in [3.8, 4) is 0 Å². The van der Waals surface area contributed by atoms with E-state index in [-0.39, 0.29) is 5.56 Å². The van der Waals surface area contributed by atoms with Gasteiger partial charge in [0, 0.05) is 5.56 Å². The van der Waals surface area contributed by atoms with Crippen LogP contribution in [0.2, 0.25) is 0 Å². The van der Waals surface area contributed by atoms with Crippen LogP contribution in [0.5, 0.6) is 0 Å². The minimum Gasteiger partial charge on any atom is -0.480 e. The van der Waals surface area contributed by atoms with E-state index in [0.29, 0.717) is 12.8 Å². The number of carboxylic acids is 1. The second-order valence-corrected chi connectivity index (χ2v) is 4.02. The second-order valence-electron chi connectivity index (χ2n) is 4.02. The summed E-state index contributed by atoms with van der Waals surface area (Å²) in [5, 5.41) is 11.4. The molecule has 1 aromatic carbocycles. The number of amides is 1. The van der Waals surface area contributed by atoms with E-state index in [4.69, 9.17) is 5.11 Å². The molecule has 0 unspecified atom stereocenters. The van der Waals surface area contributed by atoms with Crippen molar-refractivity contribution < 1.29 is 19.1 Å². The van der Waals surface area contributed by atoms with Gasteiger partial charge in [-0.2, -0.15) is 0 Å². The fourth-order valence-corrected chi connectivity index (χ4v) is 1.54. The zero-order chi connectivity index (χ0) is 13.5. The highest BCUT2D eigenvalue weighted by atomic mass is 19.1. The van der Waals surface area contributed by atoms with Crippen molar-refractivity contribution in [2.75, 3.05) is 0 Å². The van der Waals surface area contributed by atoms with Gasteiger partial charge in [-0.15, -0.1) is 0 Å². The Bertz CT molecular complexity index is 434. The summed E-state index contributed by atoms with van der Waals surface area (Å²) >= 11 is 0. The molecule has 1 rings (SSSR count). The Labute approximate surface area is 105 Å². The van der Waals surface area contributed by atoms with Gasteiger partial charge in [0.25, 0.3) is 5.91 Å². The molecule has 0 aliphatic heterocycles. The summed E-state index contributed by atoms with van der Waals surface area (Å²) in [6, 6.07) is 4.22. The molecule has 5 heteroatoms. The van der Waals surface area contributed by atoms with Crippen molar-refractivity contribution in [1.29, 1.82) is 0 Å². The van der Waals surface area contributed by atoms with Crippen molar-refractivity contribution in [3.63, 3.8) is 0 Å². The lowest BCUT2D eigenvalue weighted by Crippen LogP contribution is -2.40. The first-order valence-electron chi connectivity index (χ1n) is 5.83. The van der Waals surface area contributed by atoms with E-state index in [1.54, 1.807) is 0 Å². The van der Waals surface area contributed by atoms with Crippen LogP contribution in [-0.4, -0.2) is 23.0 Å². The molecule has 1 aromatic rings. The number of hydrogen-bond acceptors (Lipinski definition) is 2. The highest BCUT2D eigenvalue weighted by molar-refractivity contribution is 5.96. The number of hydrogen-bond donors (Lipinski definition) is 2. The molecule has 18 heavy (non-hydrogen) atoms. The van der Waals surface area contributed by atoms with E-state index in [1.807, 2.05) is 6.92 Å². The molecule has 1 amide bonds. The quantitative estimate of drug-likeness (QED) is 0.816. The van der Waals surface area contributed by atoms with Gasteiger partial charge < -0.3 is 10.4 Å². The topological polar surface area (TPSA) is 66.4 Å². The maximum absolute atomic E-state index is 12.9. The van der Waals surface area contributed by atoms with Crippen molar-refractivity contribution in [3.05, 3.63) is 35.6 Å². The number of carbonyl (C=O) groups excluding carboxylic acids is 1. The molecule has 4 nitrogen and oxygen atoms in total. The van der Waals surface area contributed by atoms with Gasteiger partial charge in [-0.3, -0.25) is 4.79 Å². The average molecular weight is 253 g/mol. The summed E-state index contributed by atoms with van der Waals surface area (Å²) in [6.45, 7) is 1.94. The van der Waals surface area contributed by atoms with Crippen LogP contribution in [0.15, 0.2) is 24.3 Å². The van der Waals surface area contributed by atoms with Crippen molar-refractivity contribution >= 4 is 11.9 Å². The molecular weight excluding hydrogens is 237 g/mol. The van der Waals surface area contributed by atoms with Gasteiger partial charge in [0.05, 0.1) is 0 Å². The van der Waals surface area contributed by atoms with Gasteiger partial charge in [-0.25, -0.2) is 9.18 Å². The van der Waals surface area contributed by atoms with E-state index in [1.165, 1.54) is 18.2 Å². The van der Waals surface area contributed by atoms with E-state index in [2.05, 4.69) is 5.32 Å². The molecule has 0 saturated carbocycles. The zero-order valence-electron chi connectivity index (χ0n) is 10.1. The van der Waals surface area contributed by atoms with Crippen molar-refractivity contribution in [2.24, 2.45) is 0 Å². The zero-order valence-corrected chi connectivity index (χ0v) is 10.1. The Kier molecular flexibility index (Phi) is 5.30. The molecule has 2 N–H and O–H groups in total. The first-order chi connectivity index (χ1) is 8.54. The van der Waals surface area contributed by atoms with Crippen LogP contribution >= 0.6 is 0 Å². The van der Waals surface area contributed by atoms with E-state index >= 15 is 0 Å². The first-order valence-corrected chi connectivity index (χ1v) is 5.83. The number of halogens is 1. The molecule has 0 aliphatic rings. The minimum absolute atomic E-state index is 0.123. The Hall–Kier alpha value is -1.91. The summed E-state index contributed by atoms with van der Waals surface area (Å²) in [4.78, 5) is 22.7. The molecule has 0 bridgehead atoms. The van der Waals surface area contributed by atoms with Crippen LogP contribution in [0, 0.1) is 5.82 Å². The predicted molar refractivity (Wildman–Crippen MR) is 64.8 cm³/mol. The molecule has 0 radical (unpaired) electrons. The fraction of sp³-hybridized carbons (Fsp3) is 0.385. The van der Waals surface area contributed by atoms with E-state index in [0.717, 1.165) is 12.5 Å². The van der Waals surface area contributed by atoms with Crippen LogP contribution in [-0.2, 0) is 4.79 Å². The number of carboxylic acid groups (broad SMARTS) is 1. The van der Waals surface area contributed by atoms with Crippen LogP contribution in [0.4, 0.5) is 4.39 Å². The third kappa shape index (κ3) is 4.16. The lowest BCUT2D eigenvalue weighted by molar-refractivity contribution is -0.139. The number of benzene rings is 1. The number of aliphatic carboxylic acids is 1.